The maximum Gasteiger partial charge on any atom is 0.0847 e. The Hall–Kier alpha value is -0.610. The van der Waals surface area contributed by atoms with E-state index in [2.05, 4.69) is 11.0 Å². The van der Waals surface area contributed by atoms with E-state index >= 15 is 0 Å². The van der Waals surface area contributed by atoms with Gasteiger partial charge in [0.1, 0.15) is 0 Å². The van der Waals surface area contributed by atoms with E-state index in [9.17, 15) is 5.11 Å². The average Bonchev–Trinajstić information content (AvgIpc) is 2.78. The van der Waals surface area contributed by atoms with Crippen LogP contribution in [0.15, 0.2) is 24.3 Å². The Morgan fingerprint density at radius 1 is 1.45 bits per heavy atom. The van der Waals surface area contributed by atoms with Crippen LogP contribution < -0.4 is 0 Å². The van der Waals surface area contributed by atoms with E-state index in [4.69, 9.17) is 16.3 Å². The molecule has 1 heterocycles. The molecule has 0 amide bonds. The van der Waals surface area contributed by atoms with Crippen molar-refractivity contribution in [2.45, 2.75) is 50.0 Å². The lowest BCUT2D eigenvalue weighted by atomic mass is 9.79. The molecule has 0 radical (unpaired) electrons. The standard InChI is InChI=1S/C16H22ClNO2/c1-20-16-6-5-14(19)10-15(16)18(8-7-16)11-12-3-2-4-13(17)9-12/h2-4,9,14-15,19H,5-8,10-11H2,1H3/t14-,15+,16-/m1/s1. The van der Waals surface area contributed by atoms with E-state index in [1.165, 1.54) is 5.56 Å². The first-order chi connectivity index (χ1) is 9.63. The molecule has 0 unspecified atom stereocenters. The maximum atomic E-state index is 9.99. The number of hydrogen-bond donors (Lipinski definition) is 1. The number of ether oxygens (including phenoxy) is 1. The van der Waals surface area contributed by atoms with Crippen molar-refractivity contribution in [2.24, 2.45) is 0 Å². The van der Waals surface area contributed by atoms with Crippen molar-refractivity contribution in [3.8, 4) is 0 Å². The van der Waals surface area contributed by atoms with Crippen LogP contribution in [0.5, 0.6) is 0 Å². The first-order valence-electron chi connectivity index (χ1n) is 7.35. The highest BCUT2D eigenvalue weighted by Gasteiger charge is 2.50. The number of likely N-dealkylation sites (tertiary alicyclic amines) is 1. The third-order valence-electron chi connectivity index (χ3n) is 4.95. The van der Waals surface area contributed by atoms with Gasteiger partial charge < -0.3 is 9.84 Å². The minimum atomic E-state index is -0.191. The highest BCUT2D eigenvalue weighted by atomic mass is 35.5. The lowest BCUT2D eigenvalue weighted by Gasteiger charge is -2.42. The molecule has 4 heteroatoms. The molecule has 0 aromatic heterocycles. The molecule has 1 aliphatic carbocycles. The van der Waals surface area contributed by atoms with Crippen molar-refractivity contribution >= 4 is 11.6 Å². The number of fused-ring (bicyclic) bond motifs is 1. The second-order valence-electron chi connectivity index (χ2n) is 6.06. The summed E-state index contributed by atoms with van der Waals surface area (Å²) in [5.41, 5.74) is 1.17. The fraction of sp³-hybridized carbons (Fsp3) is 0.625. The number of hydrogen-bond acceptors (Lipinski definition) is 3. The van der Waals surface area contributed by atoms with Crippen LogP contribution in [0.2, 0.25) is 5.02 Å². The molecule has 1 aromatic carbocycles. The molecule has 3 rings (SSSR count). The van der Waals surface area contributed by atoms with Gasteiger partial charge in [-0.3, -0.25) is 4.90 Å². The minimum Gasteiger partial charge on any atom is -0.393 e. The fourth-order valence-corrected chi connectivity index (χ4v) is 4.04. The summed E-state index contributed by atoms with van der Waals surface area (Å²) in [6, 6.07) is 8.34. The highest BCUT2D eigenvalue weighted by molar-refractivity contribution is 6.30. The molecule has 3 atom stereocenters. The zero-order valence-electron chi connectivity index (χ0n) is 11.9. The molecule has 1 aliphatic heterocycles. The largest absolute Gasteiger partial charge is 0.393 e. The number of methoxy groups -OCH3 is 1. The van der Waals surface area contributed by atoms with Gasteiger partial charge in [-0.2, -0.15) is 0 Å². The predicted molar refractivity (Wildman–Crippen MR) is 79.9 cm³/mol. The quantitative estimate of drug-likeness (QED) is 0.931. The summed E-state index contributed by atoms with van der Waals surface area (Å²) in [5, 5.41) is 10.8. The SMILES string of the molecule is CO[C@@]12CC[C@@H](O)C[C@@H]1N(Cc1cccc(Cl)c1)CC2. The van der Waals surface area contributed by atoms with Gasteiger partial charge in [0.25, 0.3) is 0 Å². The molecule has 0 bridgehead atoms. The number of rotatable bonds is 3. The second kappa shape index (κ2) is 5.64. The Bertz CT molecular complexity index is 481. The van der Waals surface area contributed by atoms with E-state index in [0.717, 1.165) is 43.8 Å². The minimum absolute atomic E-state index is 0.0577. The molecule has 2 fully saturated rings. The molecule has 110 valence electrons. The van der Waals surface area contributed by atoms with Crippen LogP contribution in [-0.4, -0.2) is 41.4 Å². The van der Waals surface area contributed by atoms with Crippen LogP contribution in [0, 0.1) is 0 Å². The summed E-state index contributed by atoms with van der Waals surface area (Å²) in [7, 11) is 1.81. The molecule has 1 saturated heterocycles. The van der Waals surface area contributed by atoms with Crippen LogP contribution in [0.4, 0.5) is 0 Å². The number of nitrogens with zero attached hydrogens (tertiary/aromatic N) is 1. The number of halogens is 1. The molecule has 1 saturated carbocycles. The summed E-state index contributed by atoms with van der Waals surface area (Å²) < 4.78 is 5.86. The predicted octanol–water partition coefficient (Wildman–Crippen LogP) is 2.84. The van der Waals surface area contributed by atoms with Crippen molar-refractivity contribution < 1.29 is 9.84 Å². The third kappa shape index (κ3) is 2.60. The summed E-state index contributed by atoms with van der Waals surface area (Å²) in [6.45, 7) is 1.90. The van der Waals surface area contributed by atoms with Crippen LogP contribution in [0.25, 0.3) is 0 Å². The van der Waals surface area contributed by atoms with Crippen LogP contribution in [0.1, 0.15) is 31.2 Å². The molecule has 0 spiro atoms. The van der Waals surface area contributed by atoms with Gasteiger partial charge in [-0.25, -0.2) is 0 Å². The van der Waals surface area contributed by atoms with Gasteiger partial charge in [-0.15, -0.1) is 0 Å². The molecule has 3 nitrogen and oxygen atoms in total. The van der Waals surface area contributed by atoms with Crippen molar-refractivity contribution in [2.75, 3.05) is 13.7 Å². The highest BCUT2D eigenvalue weighted by Crippen LogP contribution is 2.42. The molecular weight excluding hydrogens is 274 g/mol. The maximum absolute atomic E-state index is 9.99. The number of aliphatic hydroxyl groups excluding tert-OH is 1. The second-order valence-corrected chi connectivity index (χ2v) is 6.50. The first-order valence-corrected chi connectivity index (χ1v) is 7.72. The number of aliphatic hydroxyl groups is 1. The van der Waals surface area contributed by atoms with Gasteiger partial charge in [0.05, 0.1) is 11.7 Å². The monoisotopic (exact) mass is 295 g/mol. The van der Waals surface area contributed by atoms with E-state index in [-0.39, 0.29) is 11.7 Å². The third-order valence-corrected chi connectivity index (χ3v) is 5.18. The van der Waals surface area contributed by atoms with Crippen LogP contribution >= 0.6 is 11.6 Å². The Balaban J connectivity index is 1.77. The van der Waals surface area contributed by atoms with E-state index in [0.29, 0.717) is 6.04 Å². The lowest BCUT2D eigenvalue weighted by Crippen LogP contribution is -2.51. The van der Waals surface area contributed by atoms with Crippen LogP contribution in [-0.2, 0) is 11.3 Å². The molecular formula is C16H22ClNO2. The summed E-state index contributed by atoms with van der Waals surface area (Å²) >= 11 is 6.06. The molecule has 1 aromatic rings. The Morgan fingerprint density at radius 2 is 2.30 bits per heavy atom. The van der Waals surface area contributed by atoms with Crippen molar-refractivity contribution in [1.82, 2.24) is 4.90 Å². The smallest absolute Gasteiger partial charge is 0.0847 e. The summed E-state index contributed by atoms with van der Waals surface area (Å²) in [4.78, 5) is 2.44. The van der Waals surface area contributed by atoms with E-state index in [1.54, 1.807) is 0 Å². The zero-order chi connectivity index (χ0) is 14.2. The Morgan fingerprint density at radius 3 is 3.05 bits per heavy atom. The van der Waals surface area contributed by atoms with Gasteiger partial charge in [0.15, 0.2) is 0 Å². The molecule has 2 aliphatic rings. The number of benzene rings is 1. The van der Waals surface area contributed by atoms with E-state index < -0.39 is 0 Å². The normalized spacial score (nSPS) is 34.1. The van der Waals surface area contributed by atoms with Gasteiger partial charge in [-0.05, 0) is 43.4 Å². The molecule has 20 heavy (non-hydrogen) atoms. The fourth-order valence-electron chi connectivity index (χ4n) is 3.83. The van der Waals surface area contributed by atoms with Crippen LogP contribution in [0.3, 0.4) is 0 Å². The summed E-state index contributed by atoms with van der Waals surface area (Å²) in [6.07, 6.45) is 3.50. The van der Waals surface area contributed by atoms with Gasteiger partial charge >= 0.3 is 0 Å². The van der Waals surface area contributed by atoms with Gasteiger partial charge in [0.2, 0.25) is 0 Å². The van der Waals surface area contributed by atoms with E-state index in [1.807, 2.05) is 25.3 Å². The van der Waals surface area contributed by atoms with Gasteiger partial charge in [0, 0.05) is 31.3 Å². The Labute approximate surface area is 125 Å². The molecule has 1 N–H and O–H groups in total. The zero-order valence-corrected chi connectivity index (χ0v) is 12.6. The van der Waals surface area contributed by atoms with Crippen molar-refractivity contribution in [1.29, 1.82) is 0 Å². The van der Waals surface area contributed by atoms with Gasteiger partial charge in [-0.1, -0.05) is 23.7 Å². The Kier molecular flexibility index (Phi) is 4.04. The van der Waals surface area contributed by atoms with Crippen molar-refractivity contribution in [3.05, 3.63) is 34.9 Å². The van der Waals surface area contributed by atoms with Crippen molar-refractivity contribution in [3.63, 3.8) is 0 Å². The topological polar surface area (TPSA) is 32.7 Å². The first kappa shape index (κ1) is 14.3. The average molecular weight is 296 g/mol. The summed E-state index contributed by atoms with van der Waals surface area (Å²) in [5.74, 6) is 0. The lowest BCUT2D eigenvalue weighted by molar-refractivity contribution is -0.0879.